The second-order valence-corrected chi connectivity index (χ2v) is 6.87. The number of hydrogen-bond donors (Lipinski definition) is 1. The Bertz CT molecular complexity index is 799. The predicted octanol–water partition coefficient (Wildman–Crippen LogP) is 4.06. The lowest BCUT2D eigenvalue weighted by atomic mass is 10.1. The van der Waals surface area contributed by atoms with E-state index in [1.807, 2.05) is 61.5 Å². The zero-order valence-electron chi connectivity index (χ0n) is 12.5. The van der Waals surface area contributed by atoms with Gasteiger partial charge in [0.1, 0.15) is 16.7 Å². The molecule has 1 amide bonds. The molecular weight excluding hydrogens is 326 g/mol. The van der Waals surface area contributed by atoms with E-state index >= 15 is 0 Å². The molecule has 5 heteroatoms. The number of rotatable bonds is 4. The summed E-state index contributed by atoms with van der Waals surface area (Å²) in [5, 5.41) is 2.62. The maximum Gasteiger partial charge on any atom is 0.263 e. The first-order valence-electron chi connectivity index (χ1n) is 7.14. The minimum absolute atomic E-state index is 0.137. The minimum atomic E-state index is -0.137. The van der Waals surface area contributed by atoms with Crippen LogP contribution in [0.4, 0.5) is 0 Å². The van der Waals surface area contributed by atoms with Crippen LogP contribution < -0.4 is 10.1 Å². The second-order valence-electron chi connectivity index (χ2n) is 5.15. The standard InChI is InChI=1S/C18H15NO2S2/c1-12-5-2-3-8-15(12)21-11-14-7-4-6-13(9-14)10-16-17(20)19-18(22)23-16/h2-10H,11H2,1H3,(H,19,20,22). The molecule has 0 bridgehead atoms. The fourth-order valence-corrected chi connectivity index (χ4v) is 3.27. The third-order valence-electron chi connectivity index (χ3n) is 3.38. The highest BCUT2D eigenvalue weighted by Crippen LogP contribution is 2.26. The number of aryl methyl sites for hydroxylation is 1. The SMILES string of the molecule is Cc1ccccc1OCc1cccc(C=C2SC(=S)NC2=O)c1. The van der Waals surface area contributed by atoms with E-state index in [-0.39, 0.29) is 5.91 Å². The number of ether oxygens (including phenoxy) is 1. The number of carbonyl (C=O) groups excluding carboxylic acids is 1. The van der Waals surface area contributed by atoms with E-state index in [1.54, 1.807) is 0 Å². The molecule has 0 spiro atoms. The molecule has 0 aliphatic carbocycles. The average molecular weight is 341 g/mol. The molecule has 3 rings (SSSR count). The summed E-state index contributed by atoms with van der Waals surface area (Å²) in [6.07, 6.45) is 1.84. The average Bonchev–Trinajstić information content (AvgIpc) is 2.84. The Kier molecular flexibility index (Phi) is 4.79. The van der Waals surface area contributed by atoms with E-state index in [2.05, 4.69) is 5.32 Å². The van der Waals surface area contributed by atoms with E-state index in [0.717, 1.165) is 22.4 Å². The smallest absolute Gasteiger partial charge is 0.263 e. The summed E-state index contributed by atoms with van der Waals surface area (Å²) in [5.41, 5.74) is 3.12. The van der Waals surface area contributed by atoms with Crippen LogP contribution >= 0.6 is 24.0 Å². The second kappa shape index (κ2) is 6.98. The topological polar surface area (TPSA) is 38.3 Å². The zero-order valence-corrected chi connectivity index (χ0v) is 14.2. The molecule has 2 aromatic carbocycles. The molecule has 1 N–H and O–H groups in total. The normalized spacial score (nSPS) is 15.8. The van der Waals surface area contributed by atoms with Gasteiger partial charge in [-0.3, -0.25) is 4.79 Å². The Hall–Kier alpha value is -2.11. The van der Waals surface area contributed by atoms with E-state index in [4.69, 9.17) is 17.0 Å². The number of hydrogen-bond acceptors (Lipinski definition) is 4. The lowest BCUT2D eigenvalue weighted by molar-refractivity contribution is -0.115. The van der Waals surface area contributed by atoms with Crippen molar-refractivity contribution in [3.05, 3.63) is 70.1 Å². The third-order valence-corrected chi connectivity index (χ3v) is 4.54. The van der Waals surface area contributed by atoms with Gasteiger partial charge in [-0.2, -0.15) is 0 Å². The molecule has 3 nitrogen and oxygen atoms in total. The Morgan fingerprint density at radius 1 is 1.22 bits per heavy atom. The minimum Gasteiger partial charge on any atom is -0.489 e. The summed E-state index contributed by atoms with van der Waals surface area (Å²) in [4.78, 5) is 12.3. The zero-order chi connectivity index (χ0) is 16.2. The van der Waals surface area contributed by atoms with Crippen LogP contribution in [0.25, 0.3) is 6.08 Å². The van der Waals surface area contributed by atoms with Crippen molar-refractivity contribution in [2.24, 2.45) is 0 Å². The van der Waals surface area contributed by atoms with E-state index in [0.29, 0.717) is 15.8 Å². The van der Waals surface area contributed by atoms with Crippen molar-refractivity contribution in [3.8, 4) is 5.75 Å². The fraction of sp³-hybridized carbons (Fsp3) is 0.111. The van der Waals surface area contributed by atoms with E-state index in [1.165, 1.54) is 11.8 Å². The Morgan fingerprint density at radius 2 is 2.04 bits per heavy atom. The first-order valence-corrected chi connectivity index (χ1v) is 8.36. The van der Waals surface area contributed by atoms with Crippen molar-refractivity contribution in [2.45, 2.75) is 13.5 Å². The van der Waals surface area contributed by atoms with Crippen molar-refractivity contribution in [3.63, 3.8) is 0 Å². The first-order chi connectivity index (χ1) is 11.1. The molecule has 2 aromatic rings. The van der Waals surface area contributed by atoms with Gasteiger partial charge in [-0.25, -0.2) is 0 Å². The Morgan fingerprint density at radius 3 is 2.78 bits per heavy atom. The van der Waals surface area contributed by atoms with Gasteiger partial charge >= 0.3 is 0 Å². The highest BCUT2D eigenvalue weighted by atomic mass is 32.2. The molecule has 0 aromatic heterocycles. The van der Waals surface area contributed by atoms with Gasteiger partial charge in [-0.15, -0.1) is 0 Å². The number of para-hydroxylation sites is 1. The monoisotopic (exact) mass is 341 g/mol. The van der Waals surface area contributed by atoms with Gasteiger partial charge < -0.3 is 10.1 Å². The summed E-state index contributed by atoms with van der Waals surface area (Å²) in [7, 11) is 0. The molecule has 23 heavy (non-hydrogen) atoms. The van der Waals surface area contributed by atoms with Gasteiger partial charge in [-0.05, 0) is 41.8 Å². The molecule has 1 heterocycles. The molecule has 1 saturated heterocycles. The maximum atomic E-state index is 11.7. The van der Waals surface area contributed by atoms with Crippen LogP contribution in [0.1, 0.15) is 16.7 Å². The van der Waals surface area contributed by atoms with Crippen LogP contribution in [-0.2, 0) is 11.4 Å². The molecule has 116 valence electrons. The number of amides is 1. The third kappa shape index (κ3) is 4.00. The Balaban J connectivity index is 1.73. The number of thiocarbonyl (C=S) groups is 1. The lowest BCUT2D eigenvalue weighted by Gasteiger charge is -2.09. The van der Waals surface area contributed by atoms with Crippen molar-refractivity contribution < 1.29 is 9.53 Å². The van der Waals surface area contributed by atoms with Gasteiger partial charge in [0.25, 0.3) is 5.91 Å². The largest absolute Gasteiger partial charge is 0.489 e. The van der Waals surface area contributed by atoms with Crippen LogP contribution in [0.15, 0.2) is 53.4 Å². The van der Waals surface area contributed by atoms with Crippen LogP contribution in [0.3, 0.4) is 0 Å². The predicted molar refractivity (Wildman–Crippen MR) is 98.3 cm³/mol. The number of benzene rings is 2. The summed E-state index contributed by atoms with van der Waals surface area (Å²) >= 11 is 6.28. The van der Waals surface area contributed by atoms with Crippen molar-refractivity contribution in [1.29, 1.82) is 0 Å². The summed E-state index contributed by atoms with van der Waals surface area (Å²) in [5.74, 6) is 0.744. The van der Waals surface area contributed by atoms with Crippen LogP contribution in [0.5, 0.6) is 5.75 Å². The Labute approximate surface area is 144 Å². The molecule has 0 atom stereocenters. The van der Waals surface area contributed by atoms with Crippen LogP contribution in [0.2, 0.25) is 0 Å². The lowest BCUT2D eigenvalue weighted by Crippen LogP contribution is -2.17. The molecule has 1 aliphatic rings. The van der Waals surface area contributed by atoms with Gasteiger partial charge in [0, 0.05) is 0 Å². The number of thioether (sulfide) groups is 1. The molecule has 1 fully saturated rings. The summed E-state index contributed by atoms with van der Waals surface area (Å²) in [6, 6.07) is 15.9. The van der Waals surface area contributed by atoms with Crippen molar-refractivity contribution in [2.75, 3.05) is 0 Å². The van der Waals surface area contributed by atoms with E-state index in [9.17, 15) is 4.79 Å². The van der Waals surface area contributed by atoms with Crippen molar-refractivity contribution >= 4 is 40.3 Å². The molecule has 0 unspecified atom stereocenters. The number of nitrogens with one attached hydrogen (secondary N) is 1. The quantitative estimate of drug-likeness (QED) is 0.672. The van der Waals surface area contributed by atoms with Crippen LogP contribution in [-0.4, -0.2) is 10.2 Å². The molecule has 0 saturated carbocycles. The van der Waals surface area contributed by atoms with Gasteiger partial charge in [0.15, 0.2) is 0 Å². The van der Waals surface area contributed by atoms with Gasteiger partial charge in [-0.1, -0.05) is 60.4 Å². The molecule has 0 radical (unpaired) electrons. The van der Waals surface area contributed by atoms with Crippen molar-refractivity contribution in [1.82, 2.24) is 5.32 Å². The fourth-order valence-electron chi connectivity index (χ4n) is 2.22. The molecule has 1 aliphatic heterocycles. The summed E-state index contributed by atoms with van der Waals surface area (Å²) < 4.78 is 6.36. The van der Waals surface area contributed by atoms with Gasteiger partial charge in [0.2, 0.25) is 0 Å². The van der Waals surface area contributed by atoms with Gasteiger partial charge in [0.05, 0.1) is 4.91 Å². The maximum absolute atomic E-state index is 11.7. The van der Waals surface area contributed by atoms with Crippen LogP contribution in [0, 0.1) is 6.92 Å². The highest BCUT2D eigenvalue weighted by Gasteiger charge is 2.21. The number of carbonyl (C=O) groups is 1. The first kappa shape index (κ1) is 15.8. The van der Waals surface area contributed by atoms with E-state index < -0.39 is 0 Å². The molecular formula is C18H15NO2S2. The summed E-state index contributed by atoms with van der Waals surface area (Å²) in [6.45, 7) is 2.51. The highest BCUT2D eigenvalue weighted by molar-refractivity contribution is 8.26.